The Kier molecular flexibility index (Phi) is 3.78. The first-order valence-corrected chi connectivity index (χ1v) is 5.36. The molecule has 92 valence electrons. The fourth-order valence-electron chi connectivity index (χ4n) is 1.41. The van der Waals surface area contributed by atoms with Crippen LogP contribution in [0.15, 0.2) is 59.6 Å². The molecule has 0 aliphatic heterocycles. The molecule has 5 heteroatoms. The van der Waals surface area contributed by atoms with Crippen LogP contribution < -0.4 is 16.0 Å². The van der Waals surface area contributed by atoms with E-state index < -0.39 is 0 Å². The number of rotatable bonds is 3. The molecule has 5 nitrogen and oxygen atoms in total. The van der Waals surface area contributed by atoms with Crippen molar-refractivity contribution in [2.45, 2.75) is 0 Å². The third-order valence-electron chi connectivity index (χ3n) is 2.19. The number of nitrogens with one attached hydrogen (secondary N) is 1. The molecule has 0 atom stereocenters. The summed E-state index contributed by atoms with van der Waals surface area (Å²) in [5.74, 6) is 1.16. The van der Waals surface area contributed by atoms with Gasteiger partial charge in [0, 0.05) is 0 Å². The Labute approximate surface area is 105 Å². The van der Waals surface area contributed by atoms with E-state index in [1.807, 2.05) is 36.4 Å². The number of nitrogens with two attached hydrogens (primary N) is 1. The molecular weight excluding hydrogens is 230 g/mol. The van der Waals surface area contributed by atoms with Crippen LogP contribution in [0, 0.1) is 0 Å². The summed E-state index contributed by atoms with van der Waals surface area (Å²) < 4.78 is 5.68. The molecule has 0 spiro atoms. The van der Waals surface area contributed by atoms with Crippen molar-refractivity contribution < 1.29 is 9.94 Å². The summed E-state index contributed by atoms with van der Waals surface area (Å²) in [6.45, 7) is 0. The van der Waals surface area contributed by atoms with Crippen molar-refractivity contribution in [3.63, 3.8) is 0 Å². The summed E-state index contributed by atoms with van der Waals surface area (Å²) in [6.07, 6.45) is 0. The summed E-state index contributed by atoms with van der Waals surface area (Å²) in [7, 11) is 0. The van der Waals surface area contributed by atoms with E-state index >= 15 is 0 Å². The Morgan fingerprint density at radius 3 is 2.44 bits per heavy atom. The van der Waals surface area contributed by atoms with Crippen LogP contribution in [0.4, 0.5) is 5.69 Å². The largest absolute Gasteiger partial charge is 0.455 e. The maximum Gasteiger partial charge on any atom is 0.218 e. The van der Waals surface area contributed by atoms with Crippen LogP contribution in [0.2, 0.25) is 0 Å². The van der Waals surface area contributed by atoms with E-state index in [9.17, 15) is 0 Å². The van der Waals surface area contributed by atoms with E-state index in [0.717, 1.165) is 0 Å². The lowest BCUT2D eigenvalue weighted by Gasteiger charge is -2.08. The lowest BCUT2D eigenvalue weighted by Crippen LogP contribution is -2.27. The summed E-state index contributed by atoms with van der Waals surface area (Å²) in [5, 5.41) is 8.63. The number of guanidine groups is 1. The Bertz CT molecular complexity index is 541. The van der Waals surface area contributed by atoms with Gasteiger partial charge in [0.25, 0.3) is 0 Å². The van der Waals surface area contributed by atoms with Crippen molar-refractivity contribution in [1.82, 2.24) is 5.48 Å². The first kappa shape index (κ1) is 11.9. The monoisotopic (exact) mass is 243 g/mol. The highest BCUT2D eigenvalue weighted by molar-refractivity contribution is 5.80. The zero-order chi connectivity index (χ0) is 12.8. The van der Waals surface area contributed by atoms with Gasteiger partial charge in [-0.05, 0) is 24.3 Å². The van der Waals surface area contributed by atoms with Gasteiger partial charge in [-0.25, -0.2) is 10.5 Å². The van der Waals surface area contributed by atoms with E-state index in [1.165, 1.54) is 0 Å². The average Bonchev–Trinajstić information content (AvgIpc) is 2.42. The first-order valence-electron chi connectivity index (χ1n) is 5.36. The van der Waals surface area contributed by atoms with Crippen molar-refractivity contribution >= 4 is 11.6 Å². The van der Waals surface area contributed by atoms with E-state index in [1.54, 1.807) is 23.7 Å². The van der Waals surface area contributed by atoms with Crippen LogP contribution in [0.1, 0.15) is 0 Å². The maximum absolute atomic E-state index is 8.63. The predicted molar refractivity (Wildman–Crippen MR) is 69.2 cm³/mol. The van der Waals surface area contributed by atoms with Crippen LogP contribution in [0.3, 0.4) is 0 Å². The Balaban J connectivity index is 2.28. The van der Waals surface area contributed by atoms with Crippen molar-refractivity contribution in [3.8, 4) is 11.5 Å². The number of aliphatic imine (C=N–C) groups is 1. The molecule has 2 aromatic carbocycles. The molecule has 0 radical (unpaired) electrons. The summed E-state index contributed by atoms with van der Waals surface area (Å²) >= 11 is 0. The molecule has 0 fully saturated rings. The molecule has 0 aliphatic carbocycles. The third-order valence-corrected chi connectivity index (χ3v) is 2.19. The molecule has 2 aromatic rings. The smallest absolute Gasteiger partial charge is 0.218 e. The minimum atomic E-state index is -0.0980. The topological polar surface area (TPSA) is 79.9 Å². The highest BCUT2D eigenvalue weighted by atomic mass is 16.5. The number of para-hydroxylation sites is 3. The fraction of sp³-hybridized carbons (Fsp3) is 0. The Morgan fingerprint density at radius 1 is 1.06 bits per heavy atom. The van der Waals surface area contributed by atoms with E-state index in [0.29, 0.717) is 17.2 Å². The van der Waals surface area contributed by atoms with Gasteiger partial charge in [-0.1, -0.05) is 30.3 Å². The molecule has 2 rings (SSSR count). The van der Waals surface area contributed by atoms with Gasteiger partial charge < -0.3 is 10.5 Å². The number of hydrogen-bond acceptors (Lipinski definition) is 3. The van der Waals surface area contributed by atoms with Gasteiger partial charge in [0.1, 0.15) is 11.4 Å². The van der Waals surface area contributed by atoms with Gasteiger partial charge in [-0.3, -0.25) is 5.21 Å². The minimum absolute atomic E-state index is 0.0980. The zero-order valence-corrected chi connectivity index (χ0v) is 9.58. The molecule has 4 N–H and O–H groups in total. The Hall–Kier alpha value is -2.53. The van der Waals surface area contributed by atoms with Crippen LogP contribution in [-0.4, -0.2) is 11.2 Å². The van der Waals surface area contributed by atoms with Gasteiger partial charge in [0.15, 0.2) is 5.75 Å². The van der Waals surface area contributed by atoms with E-state index in [2.05, 4.69) is 4.99 Å². The number of hydrogen-bond donors (Lipinski definition) is 3. The standard InChI is InChI=1S/C13H13N3O2/c14-13(16-17)15-11-8-4-5-9-12(11)18-10-6-2-1-3-7-10/h1-9,17H,(H3,14,15,16). The molecule has 0 saturated heterocycles. The quantitative estimate of drug-likeness (QED) is 0.439. The third kappa shape index (κ3) is 2.99. The highest BCUT2D eigenvalue weighted by Gasteiger charge is 2.03. The van der Waals surface area contributed by atoms with Gasteiger partial charge in [-0.2, -0.15) is 0 Å². The lowest BCUT2D eigenvalue weighted by molar-refractivity contribution is 0.233. The minimum Gasteiger partial charge on any atom is -0.455 e. The highest BCUT2D eigenvalue weighted by Crippen LogP contribution is 2.31. The van der Waals surface area contributed by atoms with Crippen molar-refractivity contribution in [1.29, 1.82) is 0 Å². The second kappa shape index (κ2) is 5.70. The number of benzene rings is 2. The second-order valence-corrected chi connectivity index (χ2v) is 3.49. The molecule has 0 amide bonds. The molecular formula is C13H13N3O2. The number of hydroxylamine groups is 1. The summed E-state index contributed by atoms with van der Waals surface area (Å²) in [5.41, 5.74) is 7.71. The lowest BCUT2D eigenvalue weighted by atomic mass is 10.3. The number of ether oxygens (including phenoxy) is 1. The van der Waals surface area contributed by atoms with E-state index in [-0.39, 0.29) is 5.96 Å². The molecule has 18 heavy (non-hydrogen) atoms. The second-order valence-electron chi connectivity index (χ2n) is 3.49. The molecule has 0 aromatic heterocycles. The maximum atomic E-state index is 8.63. The molecule has 0 aliphatic rings. The summed E-state index contributed by atoms with van der Waals surface area (Å²) in [4.78, 5) is 3.98. The van der Waals surface area contributed by atoms with Crippen LogP contribution in [0.25, 0.3) is 0 Å². The van der Waals surface area contributed by atoms with Crippen molar-refractivity contribution in [2.75, 3.05) is 0 Å². The molecule has 0 saturated carbocycles. The molecule has 0 bridgehead atoms. The van der Waals surface area contributed by atoms with Crippen LogP contribution in [0.5, 0.6) is 11.5 Å². The fourth-order valence-corrected chi connectivity index (χ4v) is 1.41. The van der Waals surface area contributed by atoms with Crippen LogP contribution >= 0.6 is 0 Å². The molecule has 0 heterocycles. The van der Waals surface area contributed by atoms with Gasteiger partial charge in [-0.15, -0.1) is 0 Å². The van der Waals surface area contributed by atoms with Crippen LogP contribution in [-0.2, 0) is 0 Å². The first-order chi connectivity index (χ1) is 8.79. The Morgan fingerprint density at radius 2 is 1.72 bits per heavy atom. The summed E-state index contributed by atoms with van der Waals surface area (Å²) in [6, 6.07) is 16.5. The van der Waals surface area contributed by atoms with Gasteiger partial charge >= 0.3 is 0 Å². The zero-order valence-electron chi connectivity index (χ0n) is 9.58. The van der Waals surface area contributed by atoms with E-state index in [4.69, 9.17) is 15.7 Å². The SMILES string of the molecule is NC(=Nc1ccccc1Oc1ccccc1)NO. The average molecular weight is 243 g/mol. The van der Waals surface area contributed by atoms with Gasteiger partial charge in [0.05, 0.1) is 0 Å². The van der Waals surface area contributed by atoms with Crippen molar-refractivity contribution in [2.24, 2.45) is 10.7 Å². The number of nitrogens with zero attached hydrogens (tertiary/aromatic N) is 1. The normalized spacial score (nSPS) is 11.1. The van der Waals surface area contributed by atoms with Gasteiger partial charge in [0.2, 0.25) is 5.96 Å². The molecule has 0 unspecified atom stereocenters. The van der Waals surface area contributed by atoms with Crippen molar-refractivity contribution in [3.05, 3.63) is 54.6 Å². The predicted octanol–water partition coefficient (Wildman–Crippen LogP) is 2.40.